The molecule has 4 N–H and O–H groups in total. The van der Waals surface area contributed by atoms with E-state index in [0.717, 1.165) is 38.7 Å². The molecule has 0 saturated carbocycles. The normalized spacial score (nSPS) is 21.9. The standard InChI is InChI=1S/C30H61NO9/c1-8-28(5,30(7,31)39-18-14-29(6,9-2)38-19-15-32)24-40-27(3,4)13-17-34-22-25(33)23-35-20-21-37-26-12-10-11-16-36-26/h25-26,32-33H,8-24,31H2,1-7H3. The number of aliphatic hydroxyl groups excluding tert-OH is 2. The van der Waals surface area contributed by atoms with Gasteiger partial charge in [0, 0.05) is 18.6 Å². The SMILES string of the molecule is CCC(C)(CCOC(C)(N)C(C)(CC)COC(C)(C)CCOCC(O)COCCOC1CCCCO1)OCCO. The fourth-order valence-corrected chi connectivity index (χ4v) is 4.21. The summed E-state index contributed by atoms with van der Waals surface area (Å²) in [7, 11) is 0. The summed E-state index contributed by atoms with van der Waals surface area (Å²) in [4.78, 5) is 0. The van der Waals surface area contributed by atoms with Crippen molar-refractivity contribution < 1.29 is 43.4 Å². The number of hydrogen-bond acceptors (Lipinski definition) is 10. The minimum atomic E-state index is -0.904. The molecule has 0 aromatic rings. The minimum Gasteiger partial charge on any atom is -0.394 e. The fourth-order valence-electron chi connectivity index (χ4n) is 4.21. The summed E-state index contributed by atoms with van der Waals surface area (Å²) in [5.74, 6) is 0. The van der Waals surface area contributed by atoms with Gasteiger partial charge in [-0.05, 0) is 72.6 Å². The summed E-state index contributed by atoms with van der Waals surface area (Å²) in [5.41, 5.74) is 4.57. The highest BCUT2D eigenvalue weighted by Gasteiger charge is 2.43. The lowest BCUT2D eigenvalue weighted by Gasteiger charge is -2.45. The third-order valence-electron chi connectivity index (χ3n) is 8.22. The van der Waals surface area contributed by atoms with Crippen molar-refractivity contribution in [2.45, 2.75) is 123 Å². The first-order valence-electron chi connectivity index (χ1n) is 15.2. The molecular weight excluding hydrogens is 518 g/mol. The van der Waals surface area contributed by atoms with E-state index in [1.165, 1.54) is 0 Å². The van der Waals surface area contributed by atoms with Crippen molar-refractivity contribution in [3.8, 4) is 0 Å². The number of ether oxygens (including phenoxy) is 7. The lowest BCUT2D eigenvalue weighted by Crippen LogP contribution is -2.57. The largest absolute Gasteiger partial charge is 0.394 e. The summed E-state index contributed by atoms with van der Waals surface area (Å²) in [6.07, 6.45) is 5.26. The molecule has 0 radical (unpaired) electrons. The third-order valence-corrected chi connectivity index (χ3v) is 8.22. The van der Waals surface area contributed by atoms with Crippen molar-refractivity contribution in [2.24, 2.45) is 11.1 Å². The van der Waals surface area contributed by atoms with Crippen LogP contribution in [0.5, 0.6) is 0 Å². The first-order valence-corrected chi connectivity index (χ1v) is 15.2. The number of nitrogens with two attached hydrogens (primary N) is 1. The number of rotatable bonds is 24. The number of hydrogen-bond donors (Lipinski definition) is 3. The van der Waals surface area contributed by atoms with Crippen LogP contribution in [0.15, 0.2) is 0 Å². The molecule has 1 aliphatic rings. The quantitative estimate of drug-likeness (QED) is 0.115. The Kier molecular flexibility index (Phi) is 17.9. The van der Waals surface area contributed by atoms with Crippen LogP contribution in [0.4, 0.5) is 0 Å². The Hall–Kier alpha value is -0.400. The second-order valence-corrected chi connectivity index (χ2v) is 12.3. The molecule has 1 aliphatic heterocycles. The molecule has 0 aromatic carbocycles. The molecule has 0 aliphatic carbocycles. The van der Waals surface area contributed by atoms with E-state index in [9.17, 15) is 5.11 Å². The molecule has 1 fully saturated rings. The summed E-state index contributed by atoms with van der Waals surface area (Å²) < 4.78 is 40.7. The molecule has 1 rings (SSSR count). The van der Waals surface area contributed by atoms with Gasteiger partial charge in [-0.15, -0.1) is 0 Å². The van der Waals surface area contributed by atoms with E-state index < -0.39 is 22.8 Å². The van der Waals surface area contributed by atoms with Crippen molar-refractivity contribution in [3.63, 3.8) is 0 Å². The van der Waals surface area contributed by atoms with Crippen molar-refractivity contribution in [3.05, 3.63) is 0 Å². The van der Waals surface area contributed by atoms with E-state index in [-0.39, 0.29) is 31.7 Å². The zero-order valence-electron chi connectivity index (χ0n) is 26.5. The average molecular weight is 580 g/mol. The van der Waals surface area contributed by atoms with Gasteiger partial charge < -0.3 is 49.1 Å². The van der Waals surface area contributed by atoms with Crippen LogP contribution in [-0.4, -0.2) is 106 Å². The Morgan fingerprint density at radius 3 is 2.15 bits per heavy atom. The van der Waals surface area contributed by atoms with Crippen LogP contribution in [-0.2, 0) is 33.2 Å². The van der Waals surface area contributed by atoms with Crippen LogP contribution in [0, 0.1) is 5.41 Å². The summed E-state index contributed by atoms with van der Waals surface area (Å²) in [5, 5.41) is 19.2. The molecule has 0 aromatic heterocycles. The highest BCUT2D eigenvalue weighted by atomic mass is 16.7. The van der Waals surface area contributed by atoms with Gasteiger partial charge in [0.2, 0.25) is 0 Å². The van der Waals surface area contributed by atoms with E-state index in [2.05, 4.69) is 20.8 Å². The van der Waals surface area contributed by atoms with Gasteiger partial charge in [-0.2, -0.15) is 0 Å². The van der Waals surface area contributed by atoms with E-state index in [4.69, 9.17) is 44.0 Å². The molecule has 5 unspecified atom stereocenters. The van der Waals surface area contributed by atoms with E-state index >= 15 is 0 Å². The lowest BCUT2D eigenvalue weighted by atomic mass is 9.78. The summed E-state index contributed by atoms with van der Waals surface area (Å²) >= 11 is 0. The Balaban J connectivity index is 2.31. The van der Waals surface area contributed by atoms with E-state index in [0.29, 0.717) is 52.5 Å². The molecule has 0 amide bonds. The van der Waals surface area contributed by atoms with Gasteiger partial charge in [0.25, 0.3) is 0 Å². The van der Waals surface area contributed by atoms with Crippen molar-refractivity contribution >= 4 is 0 Å². The van der Waals surface area contributed by atoms with Crippen LogP contribution in [0.2, 0.25) is 0 Å². The van der Waals surface area contributed by atoms with Crippen LogP contribution in [0.25, 0.3) is 0 Å². The molecule has 5 atom stereocenters. The van der Waals surface area contributed by atoms with Gasteiger partial charge in [-0.3, -0.25) is 0 Å². The van der Waals surface area contributed by atoms with Gasteiger partial charge in [-0.1, -0.05) is 20.8 Å². The molecule has 10 heteroatoms. The predicted molar refractivity (Wildman–Crippen MR) is 155 cm³/mol. The van der Waals surface area contributed by atoms with Crippen molar-refractivity contribution in [1.29, 1.82) is 0 Å². The molecular formula is C30H61NO9. The molecule has 1 heterocycles. The van der Waals surface area contributed by atoms with Crippen LogP contribution < -0.4 is 5.73 Å². The molecule has 0 bridgehead atoms. The first kappa shape index (κ1) is 37.6. The zero-order valence-corrected chi connectivity index (χ0v) is 26.5. The van der Waals surface area contributed by atoms with Gasteiger partial charge in [0.1, 0.15) is 11.8 Å². The Labute approximate surface area is 243 Å². The second kappa shape index (κ2) is 19.0. The van der Waals surface area contributed by atoms with E-state index in [1.54, 1.807) is 0 Å². The van der Waals surface area contributed by atoms with Gasteiger partial charge in [0.15, 0.2) is 6.29 Å². The Morgan fingerprint density at radius 2 is 1.55 bits per heavy atom. The molecule has 240 valence electrons. The number of aliphatic hydroxyl groups is 2. The maximum atomic E-state index is 10.1. The predicted octanol–water partition coefficient (Wildman–Crippen LogP) is 3.78. The van der Waals surface area contributed by atoms with E-state index in [1.807, 2.05) is 27.7 Å². The summed E-state index contributed by atoms with van der Waals surface area (Å²) in [6, 6.07) is 0. The average Bonchev–Trinajstić information content (AvgIpc) is 2.93. The zero-order chi connectivity index (χ0) is 30.1. The maximum Gasteiger partial charge on any atom is 0.157 e. The molecule has 10 nitrogen and oxygen atoms in total. The Bertz CT molecular complexity index is 645. The van der Waals surface area contributed by atoms with Gasteiger partial charge in [-0.25, -0.2) is 0 Å². The third kappa shape index (κ3) is 14.7. The van der Waals surface area contributed by atoms with Gasteiger partial charge in [0.05, 0.1) is 64.1 Å². The maximum absolute atomic E-state index is 10.1. The van der Waals surface area contributed by atoms with Gasteiger partial charge >= 0.3 is 0 Å². The highest BCUT2D eigenvalue weighted by molar-refractivity contribution is 4.90. The lowest BCUT2D eigenvalue weighted by molar-refractivity contribution is -0.174. The first-order chi connectivity index (χ1) is 18.8. The molecule has 1 saturated heterocycles. The molecule has 40 heavy (non-hydrogen) atoms. The summed E-state index contributed by atoms with van der Waals surface area (Å²) in [6.45, 7) is 17.9. The monoisotopic (exact) mass is 579 g/mol. The van der Waals surface area contributed by atoms with Crippen LogP contribution >= 0.6 is 0 Å². The van der Waals surface area contributed by atoms with Crippen LogP contribution in [0.1, 0.15) is 93.4 Å². The highest BCUT2D eigenvalue weighted by Crippen LogP contribution is 2.36. The van der Waals surface area contributed by atoms with Crippen LogP contribution in [0.3, 0.4) is 0 Å². The van der Waals surface area contributed by atoms with Crippen molar-refractivity contribution in [2.75, 3.05) is 66.1 Å². The van der Waals surface area contributed by atoms with Crippen molar-refractivity contribution in [1.82, 2.24) is 0 Å². The topological polar surface area (TPSA) is 131 Å². The smallest absolute Gasteiger partial charge is 0.157 e. The second-order valence-electron chi connectivity index (χ2n) is 12.3. The molecule has 0 spiro atoms. The minimum absolute atomic E-state index is 0.00122. The fraction of sp³-hybridized carbons (Fsp3) is 1.00. The Morgan fingerprint density at radius 1 is 0.850 bits per heavy atom.